The molecule has 2 atom stereocenters. The second kappa shape index (κ2) is 8.27. The minimum absolute atomic E-state index is 0.0906. The summed E-state index contributed by atoms with van der Waals surface area (Å²) in [6, 6.07) is 12.0. The fourth-order valence-electron chi connectivity index (χ4n) is 4.13. The number of ether oxygens (including phenoxy) is 1. The number of nitrogens with zero attached hydrogens (tertiary/aromatic N) is 1. The number of benzene rings is 2. The molecule has 28 heavy (non-hydrogen) atoms. The first-order valence-corrected chi connectivity index (χ1v) is 9.76. The minimum atomic E-state index is -0.598. The lowest BCUT2D eigenvalue weighted by molar-refractivity contribution is -0.160. The predicted molar refractivity (Wildman–Crippen MR) is 103 cm³/mol. The molecule has 0 radical (unpaired) electrons. The largest absolute Gasteiger partial charge is 0.460 e. The van der Waals surface area contributed by atoms with Crippen molar-refractivity contribution in [2.75, 3.05) is 31.5 Å². The van der Waals surface area contributed by atoms with Crippen LogP contribution in [0.5, 0.6) is 0 Å². The van der Waals surface area contributed by atoms with Crippen molar-refractivity contribution < 1.29 is 18.3 Å². The molecule has 4 nitrogen and oxygen atoms in total. The van der Waals surface area contributed by atoms with E-state index in [0.717, 1.165) is 32.5 Å². The van der Waals surface area contributed by atoms with Gasteiger partial charge in [0.2, 0.25) is 0 Å². The molecule has 3 fully saturated rings. The molecule has 148 valence electrons. The van der Waals surface area contributed by atoms with E-state index >= 15 is 0 Å². The van der Waals surface area contributed by atoms with Crippen LogP contribution in [0.25, 0.3) is 0 Å². The monoisotopic (exact) mass is 386 g/mol. The molecule has 6 heteroatoms. The quantitative estimate of drug-likeness (QED) is 0.767. The number of halogens is 2. The highest BCUT2D eigenvalue weighted by Crippen LogP contribution is 2.31. The first-order chi connectivity index (χ1) is 13.6. The van der Waals surface area contributed by atoms with E-state index in [2.05, 4.69) is 10.2 Å². The summed E-state index contributed by atoms with van der Waals surface area (Å²) >= 11 is 0. The molecule has 2 bridgehead atoms. The van der Waals surface area contributed by atoms with Crippen LogP contribution in [0.4, 0.5) is 14.5 Å². The molecule has 0 saturated carbocycles. The van der Waals surface area contributed by atoms with E-state index in [4.69, 9.17) is 4.74 Å². The molecular formula is C22H24F2N2O2. The summed E-state index contributed by atoms with van der Waals surface area (Å²) in [5, 5.41) is 3.11. The second-order valence-electron chi connectivity index (χ2n) is 7.61. The van der Waals surface area contributed by atoms with Crippen molar-refractivity contribution in [3.63, 3.8) is 0 Å². The number of rotatable bonds is 6. The lowest BCUT2D eigenvalue weighted by Crippen LogP contribution is -2.52. The Kier molecular flexibility index (Phi) is 5.57. The maximum absolute atomic E-state index is 13.4. The Bertz CT molecular complexity index is 820. The second-order valence-corrected chi connectivity index (χ2v) is 7.61. The summed E-state index contributed by atoms with van der Waals surface area (Å²) in [6.45, 7) is 3.17. The number of fused-ring (bicyclic) bond motifs is 3. The molecule has 0 aromatic heterocycles. The van der Waals surface area contributed by atoms with Crippen molar-refractivity contribution in [1.82, 2.24) is 4.90 Å². The summed E-state index contributed by atoms with van der Waals surface area (Å²) in [5.41, 5.74) is 1.26. The first kappa shape index (κ1) is 18.9. The number of piperidine rings is 3. The summed E-state index contributed by atoms with van der Waals surface area (Å²) in [7, 11) is 0. The van der Waals surface area contributed by atoms with Crippen LogP contribution in [-0.4, -0.2) is 43.2 Å². The molecular weight excluding hydrogens is 362 g/mol. The van der Waals surface area contributed by atoms with Crippen LogP contribution in [-0.2, 0) is 9.53 Å². The fourth-order valence-corrected chi connectivity index (χ4v) is 4.13. The number of hydrogen-bond donors (Lipinski definition) is 1. The third-order valence-corrected chi connectivity index (χ3v) is 5.76. The highest BCUT2D eigenvalue weighted by Gasteiger charge is 2.37. The Morgan fingerprint density at radius 2 is 1.86 bits per heavy atom. The standard InChI is InChI=1S/C22H24F2N2O2/c23-17-6-4-15(5-7-17)20(13-25-19-3-1-2-18(24)12-19)22(27)28-21-14-26-10-8-16(21)9-11-26/h1-7,12,16,20-21,25H,8-11,13-14H2. The van der Waals surface area contributed by atoms with E-state index in [1.807, 2.05) is 0 Å². The lowest BCUT2D eigenvalue weighted by Gasteiger charge is -2.44. The van der Waals surface area contributed by atoms with E-state index in [9.17, 15) is 13.6 Å². The third kappa shape index (κ3) is 4.33. The van der Waals surface area contributed by atoms with Gasteiger partial charge in [-0.1, -0.05) is 18.2 Å². The van der Waals surface area contributed by atoms with Crippen LogP contribution < -0.4 is 5.32 Å². The maximum Gasteiger partial charge on any atom is 0.315 e. The number of carbonyl (C=O) groups is 1. The maximum atomic E-state index is 13.4. The van der Waals surface area contributed by atoms with Crippen LogP contribution >= 0.6 is 0 Å². The fraction of sp³-hybridized carbons (Fsp3) is 0.409. The molecule has 3 saturated heterocycles. The van der Waals surface area contributed by atoms with E-state index in [1.165, 1.54) is 24.3 Å². The van der Waals surface area contributed by atoms with E-state index in [1.54, 1.807) is 24.3 Å². The molecule has 1 N–H and O–H groups in total. The van der Waals surface area contributed by atoms with Gasteiger partial charge in [0.1, 0.15) is 17.7 Å². The van der Waals surface area contributed by atoms with Crippen LogP contribution in [0.15, 0.2) is 48.5 Å². The molecule has 0 aliphatic carbocycles. The highest BCUT2D eigenvalue weighted by atomic mass is 19.1. The van der Waals surface area contributed by atoms with Crippen LogP contribution in [0, 0.1) is 17.6 Å². The summed E-state index contributed by atoms with van der Waals surface area (Å²) < 4.78 is 32.7. The summed E-state index contributed by atoms with van der Waals surface area (Å²) in [4.78, 5) is 15.3. The highest BCUT2D eigenvalue weighted by molar-refractivity contribution is 5.79. The molecule has 0 amide bonds. The average molecular weight is 386 g/mol. The Labute approximate surface area is 163 Å². The van der Waals surface area contributed by atoms with Gasteiger partial charge in [0, 0.05) is 18.8 Å². The third-order valence-electron chi connectivity index (χ3n) is 5.76. The Balaban J connectivity index is 1.48. The van der Waals surface area contributed by atoms with Crippen molar-refractivity contribution in [3.8, 4) is 0 Å². The van der Waals surface area contributed by atoms with Gasteiger partial charge in [-0.2, -0.15) is 0 Å². The van der Waals surface area contributed by atoms with Crippen LogP contribution in [0.3, 0.4) is 0 Å². The number of nitrogens with one attached hydrogen (secondary N) is 1. The molecule has 2 aromatic rings. The van der Waals surface area contributed by atoms with Crippen LogP contribution in [0.1, 0.15) is 24.3 Å². The zero-order chi connectivity index (χ0) is 19.5. The Morgan fingerprint density at radius 3 is 2.50 bits per heavy atom. The number of esters is 1. The van der Waals surface area contributed by atoms with E-state index in [-0.39, 0.29) is 30.3 Å². The normalized spacial score (nSPS) is 24.6. The number of anilines is 1. The van der Waals surface area contributed by atoms with Gasteiger partial charge in [-0.05, 0) is 67.7 Å². The zero-order valence-corrected chi connectivity index (χ0v) is 15.6. The van der Waals surface area contributed by atoms with E-state index < -0.39 is 5.92 Å². The van der Waals surface area contributed by atoms with Gasteiger partial charge in [0.25, 0.3) is 0 Å². The number of hydrogen-bond acceptors (Lipinski definition) is 4. The average Bonchev–Trinajstić information content (AvgIpc) is 2.70. The molecule has 3 aliphatic rings. The lowest BCUT2D eigenvalue weighted by atomic mass is 9.85. The van der Waals surface area contributed by atoms with Gasteiger partial charge in [0.05, 0.1) is 5.92 Å². The van der Waals surface area contributed by atoms with Crippen molar-refractivity contribution in [2.45, 2.75) is 24.9 Å². The molecule has 3 heterocycles. The van der Waals surface area contributed by atoms with Crippen LogP contribution in [0.2, 0.25) is 0 Å². The van der Waals surface area contributed by atoms with Gasteiger partial charge >= 0.3 is 5.97 Å². The van der Waals surface area contributed by atoms with Gasteiger partial charge in [-0.25, -0.2) is 8.78 Å². The molecule has 0 spiro atoms. The zero-order valence-electron chi connectivity index (χ0n) is 15.6. The minimum Gasteiger partial charge on any atom is -0.460 e. The van der Waals surface area contributed by atoms with Crippen molar-refractivity contribution in [1.29, 1.82) is 0 Å². The first-order valence-electron chi connectivity index (χ1n) is 9.76. The van der Waals surface area contributed by atoms with Gasteiger partial charge in [0.15, 0.2) is 0 Å². The SMILES string of the molecule is O=C(OC1CN2CCC1CC2)C(CNc1cccc(F)c1)c1ccc(F)cc1. The Morgan fingerprint density at radius 1 is 1.11 bits per heavy atom. The summed E-state index contributed by atoms with van der Waals surface area (Å²) in [6.07, 6.45) is 2.02. The molecule has 5 rings (SSSR count). The topological polar surface area (TPSA) is 41.6 Å². The van der Waals surface area contributed by atoms with Gasteiger partial charge in [-0.3, -0.25) is 9.69 Å². The Hall–Kier alpha value is -2.47. The van der Waals surface area contributed by atoms with Crippen molar-refractivity contribution >= 4 is 11.7 Å². The van der Waals surface area contributed by atoms with Gasteiger partial charge in [-0.15, -0.1) is 0 Å². The predicted octanol–water partition coefficient (Wildman–Crippen LogP) is 3.80. The van der Waals surface area contributed by atoms with Gasteiger partial charge < -0.3 is 10.1 Å². The molecule has 3 aliphatic heterocycles. The van der Waals surface area contributed by atoms with E-state index in [0.29, 0.717) is 17.2 Å². The van der Waals surface area contributed by atoms with Crippen molar-refractivity contribution in [3.05, 3.63) is 65.7 Å². The van der Waals surface area contributed by atoms with Crippen molar-refractivity contribution in [2.24, 2.45) is 5.92 Å². The smallest absolute Gasteiger partial charge is 0.315 e. The summed E-state index contributed by atoms with van der Waals surface area (Å²) in [5.74, 6) is -1.21. The number of carbonyl (C=O) groups excluding carboxylic acids is 1. The molecule has 2 aromatic carbocycles. The molecule has 2 unspecified atom stereocenters.